The van der Waals surface area contributed by atoms with Crippen LogP contribution in [0.5, 0.6) is 5.75 Å². The van der Waals surface area contributed by atoms with Gasteiger partial charge in [-0.1, -0.05) is 32.0 Å². The first-order chi connectivity index (χ1) is 9.65. The summed E-state index contributed by atoms with van der Waals surface area (Å²) < 4.78 is 5.22. The van der Waals surface area contributed by atoms with Crippen LogP contribution in [-0.2, 0) is 0 Å². The molecule has 2 aromatic rings. The predicted octanol–water partition coefficient (Wildman–Crippen LogP) is 4.43. The third-order valence-corrected chi connectivity index (χ3v) is 3.20. The number of nitrogens with one attached hydrogen (secondary N) is 1. The average Bonchev–Trinajstić information content (AvgIpc) is 2.47. The summed E-state index contributed by atoms with van der Waals surface area (Å²) in [7, 11) is 1.62. The Morgan fingerprint density at radius 2 is 1.85 bits per heavy atom. The summed E-state index contributed by atoms with van der Waals surface area (Å²) >= 11 is 0. The fourth-order valence-electron chi connectivity index (χ4n) is 2.11. The topological polar surface area (TPSA) is 45.0 Å². The van der Waals surface area contributed by atoms with Gasteiger partial charge >= 0.3 is 0 Å². The number of anilines is 2. The highest BCUT2D eigenvalue weighted by molar-refractivity contribution is 5.70. The van der Waals surface area contributed by atoms with Gasteiger partial charge in [-0.25, -0.2) is 0 Å². The smallest absolute Gasteiger partial charge is 0.121 e. The van der Waals surface area contributed by atoms with E-state index in [0.29, 0.717) is 11.5 Å². The molecule has 3 nitrogen and oxygen atoms in total. The number of para-hydroxylation sites is 1. The number of nitriles is 1. The van der Waals surface area contributed by atoms with Crippen molar-refractivity contribution in [3.63, 3.8) is 0 Å². The Hall–Kier alpha value is -2.47. The quantitative estimate of drug-likeness (QED) is 0.890. The molecular weight excluding hydrogens is 248 g/mol. The molecule has 0 aliphatic rings. The van der Waals surface area contributed by atoms with Gasteiger partial charge < -0.3 is 10.1 Å². The highest BCUT2D eigenvalue weighted by atomic mass is 16.5. The van der Waals surface area contributed by atoms with E-state index in [2.05, 4.69) is 31.3 Å². The summed E-state index contributed by atoms with van der Waals surface area (Å²) in [6.07, 6.45) is 0. The molecule has 2 rings (SSSR count). The van der Waals surface area contributed by atoms with Gasteiger partial charge in [-0.3, -0.25) is 0 Å². The largest absolute Gasteiger partial charge is 0.497 e. The number of methoxy groups -OCH3 is 1. The fourth-order valence-corrected chi connectivity index (χ4v) is 2.11. The first kappa shape index (κ1) is 14.0. The monoisotopic (exact) mass is 266 g/mol. The van der Waals surface area contributed by atoms with Crippen LogP contribution in [0.25, 0.3) is 0 Å². The van der Waals surface area contributed by atoms with Crippen LogP contribution in [0.3, 0.4) is 0 Å². The molecule has 20 heavy (non-hydrogen) atoms. The van der Waals surface area contributed by atoms with E-state index in [9.17, 15) is 5.26 Å². The van der Waals surface area contributed by atoms with Crippen molar-refractivity contribution in [2.45, 2.75) is 19.8 Å². The van der Waals surface area contributed by atoms with Crippen molar-refractivity contribution in [1.29, 1.82) is 5.26 Å². The van der Waals surface area contributed by atoms with Crippen LogP contribution in [0, 0.1) is 11.3 Å². The number of benzene rings is 2. The van der Waals surface area contributed by atoms with Gasteiger partial charge in [0.05, 0.1) is 18.4 Å². The molecule has 0 aliphatic carbocycles. The summed E-state index contributed by atoms with van der Waals surface area (Å²) in [5.41, 5.74) is 3.61. The number of hydrogen-bond acceptors (Lipinski definition) is 3. The summed E-state index contributed by atoms with van der Waals surface area (Å²) in [6.45, 7) is 4.30. The second-order valence-electron chi connectivity index (χ2n) is 4.89. The summed E-state index contributed by atoms with van der Waals surface area (Å²) in [6, 6.07) is 15.7. The Morgan fingerprint density at radius 1 is 1.10 bits per heavy atom. The van der Waals surface area contributed by atoms with Gasteiger partial charge in [0.2, 0.25) is 0 Å². The van der Waals surface area contributed by atoms with Crippen molar-refractivity contribution in [3.8, 4) is 11.8 Å². The zero-order valence-electron chi connectivity index (χ0n) is 12.0. The third kappa shape index (κ3) is 2.92. The Kier molecular flexibility index (Phi) is 4.27. The van der Waals surface area contributed by atoms with Crippen molar-refractivity contribution < 1.29 is 4.74 Å². The maximum Gasteiger partial charge on any atom is 0.121 e. The second-order valence-corrected chi connectivity index (χ2v) is 4.89. The molecule has 0 aliphatic heterocycles. The van der Waals surface area contributed by atoms with E-state index in [-0.39, 0.29) is 0 Å². The van der Waals surface area contributed by atoms with Gasteiger partial charge in [-0.2, -0.15) is 5.26 Å². The second kappa shape index (κ2) is 6.12. The van der Waals surface area contributed by atoms with Crippen LogP contribution in [0.4, 0.5) is 11.4 Å². The molecule has 0 radical (unpaired) electrons. The van der Waals surface area contributed by atoms with E-state index in [4.69, 9.17) is 4.74 Å². The van der Waals surface area contributed by atoms with Gasteiger partial charge in [0.25, 0.3) is 0 Å². The average molecular weight is 266 g/mol. The maximum absolute atomic E-state index is 9.21. The normalized spacial score (nSPS) is 10.2. The van der Waals surface area contributed by atoms with Crippen LogP contribution in [0.2, 0.25) is 0 Å². The molecule has 0 unspecified atom stereocenters. The zero-order chi connectivity index (χ0) is 14.5. The molecule has 0 spiro atoms. The van der Waals surface area contributed by atoms with E-state index >= 15 is 0 Å². The number of ether oxygens (including phenoxy) is 1. The first-order valence-electron chi connectivity index (χ1n) is 6.59. The zero-order valence-corrected chi connectivity index (χ0v) is 12.0. The van der Waals surface area contributed by atoms with Crippen LogP contribution in [0.1, 0.15) is 30.9 Å². The number of rotatable bonds is 4. The van der Waals surface area contributed by atoms with Crippen molar-refractivity contribution in [2.24, 2.45) is 0 Å². The SMILES string of the molecule is COc1ccc(C#N)c(Nc2ccccc2C(C)C)c1. The molecule has 0 aromatic heterocycles. The summed E-state index contributed by atoms with van der Waals surface area (Å²) in [4.78, 5) is 0. The number of hydrogen-bond donors (Lipinski definition) is 1. The lowest BCUT2D eigenvalue weighted by Crippen LogP contribution is -1.99. The lowest BCUT2D eigenvalue weighted by Gasteiger charge is -2.16. The molecule has 2 aromatic carbocycles. The van der Waals surface area contributed by atoms with Crippen molar-refractivity contribution in [2.75, 3.05) is 12.4 Å². The van der Waals surface area contributed by atoms with E-state index in [1.165, 1.54) is 5.56 Å². The Labute approximate surface area is 119 Å². The van der Waals surface area contributed by atoms with Gasteiger partial charge in [0.15, 0.2) is 0 Å². The number of nitrogens with zero attached hydrogens (tertiary/aromatic N) is 1. The van der Waals surface area contributed by atoms with E-state index < -0.39 is 0 Å². The molecule has 0 bridgehead atoms. The fraction of sp³-hybridized carbons (Fsp3) is 0.235. The molecule has 3 heteroatoms. The Balaban J connectivity index is 2.42. The molecule has 0 atom stereocenters. The van der Waals surface area contributed by atoms with Gasteiger partial charge in [0, 0.05) is 11.8 Å². The highest BCUT2D eigenvalue weighted by Gasteiger charge is 2.09. The van der Waals surface area contributed by atoms with Crippen LogP contribution in [-0.4, -0.2) is 7.11 Å². The van der Waals surface area contributed by atoms with Crippen LogP contribution in [0.15, 0.2) is 42.5 Å². The molecule has 1 N–H and O–H groups in total. The maximum atomic E-state index is 9.21. The molecule has 0 saturated carbocycles. The van der Waals surface area contributed by atoms with Crippen LogP contribution < -0.4 is 10.1 Å². The Bertz CT molecular complexity index is 642. The molecule has 0 saturated heterocycles. The minimum absolute atomic E-state index is 0.412. The third-order valence-electron chi connectivity index (χ3n) is 3.20. The summed E-state index contributed by atoms with van der Waals surface area (Å²) in [5.74, 6) is 1.14. The molecule has 0 fully saturated rings. The predicted molar refractivity (Wildman–Crippen MR) is 81.5 cm³/mol. The van der Waals surface area contributed by atoms with Crippen molar-refractivity contribution in [3.05, 3.63) is 53.6 Å². The van der Waals surface area contributed by atoms with Gasteiger partial charge in [-0.15, -0.1) is 0 Å². The lowest BCUT2D eigenvalue weighted by atomic mass is 10.0. The van der Waals surface area contributed by atoms with Gasteiger partial charge in [0.1, 0.15) is 11.8 Å². The summed E-state index contributed by atoms with van der Waals surface area (Å²) in [5, 5.41) is 12.6. The standard InChI is InChI=1S/C17H18N2O/c1-12(2)15-6-4-5-7-16(15)19-17-10-14(20-3)9-8-13(17)11-18/h4-10,12,19H,1-3H3. The minimum atomic E-state index is 0.412. The van der Waals surface area contributed by atoms with E-state index in [1.54, 1.807) is 19.2 Å². The minimum Gasteiger partial charge on any atom is -0.497 e. The lowest BCUT2D eigenvalue weighted by molar-refractivity contribution is 0.415. The van der Waals surface area contributed by atoms with Crippen molar-refractivity contribution >= 4 is 11.4 Å². The van der Waals surface area contributed by atoms with E-state index in [0.717, 1.165) is 17.1 Å². The van der Waals surface area contributed by atoms with Gasteiger partial charge in [-0.05, 0) is 29.7 Å². The first-order valence-corrected chi connectivity index (χ1v) is 6.59. The van der Waals surface area contributed by atoms with Crippen molar-refractivity contribution in [1.82, 2.24) is 0 Å². The van der Waals surface area contributed by atoms with Crippen LogP contribution >= 0.6 is 0 Å². The molecular formula is C17H18N2O. The molecule has 0 heterocycles. The molecule has 0 amide bonds. The Morgan fingerprint density at radius 3 is 2.50 bits per heavy atom. The van der Waals surface area contributed by atoms with E-state index in [1.807, 2.05) is 24.3 Å². The highest BCUT2D eigenvalue weighted by Crippen LogP contribution is 2.30. The molecule has 102 valence electrons.